The summed E-state index contributed by atoms with van der Waals surface area (Å²) in [7, 11) is 1.67. The Balaban J connectivity index is 1.94. The van der Waals surface area contributed by atoms with Crippen LogP contribution in [0.25, 0.3) is 0 Å². The maximum absolute atomic E-state index is 12.0. The molecule has 1 unspecified atom stereocenters. The molecular formula is C17H25NO2. The topological polar surface area (TPSA) is 38.3 Å². The van der Waals surface area contributed by atoms with Gasteiger partial charge in [0, 0.05) is 6.42 Å². The summed E-state index contributed by atoms with van der Waals surface area (Å²) in [6, 6.07) is 8.24. The fourth-order valence-corrected chi connectivity index (χ4v) is 2.50. The van der Waals surface area contributed by atoms with E-state index in [-0.39, 0.29) is 11.9 Å². The predicted molar refractivity (Wildman–Crippen MR) is 80.7 cm³/mol. The van der Waals surface area contributed by atoms with Gasteiger partial charge in [-0.2, -0.15) is 0 Å². The molecule has 0 aliphatic heterocycles. The molecule has 0 bridgehead atoms. The van der Waals surface area contributed by atoms with Gasteiger partial charge in [0.2, 0.25) is 5.91 Å². The highest BCUT2D eigenvalue weighted by molar-refractivity contribution is 5.76. The molecule has 0 radical (unpaired) electrons. The minimum Gasteiger partial charge on any atom is -0.497 e. The number of ether oxygens (including phenoxy) is 1. The number of hydrogen-bond donors (Lipinski definition) is 1. The lowest BCUT2D eigenvalue weighted by Crippen LogP contribution is -2.29. The summed E-state index contributed by atoms with van der Waals surface area (Å²) >= 11 is 0. The van der Waals surface area contributed by atoms with Gasteiger partial charge in [-0.15, -0.1) is 0 Å². The maximum atomic E-state index is 12.0. The van der Waals surface area contributed by atoms with E-state index in [9.17, 15) is 4.79 Å². The van der Waals surface area contributed by atoms with Crippen LogP contribution in [0.1, 0.15) is 57.1 Å². The largest absolute Gasteiger partial charge is 0.497 e. The summed E-state index contributed by atoms with van der Waals surface area (Å²) in [5, 5.41) is 3.21. The second-order valence-corrected chi connectivity index (χ2v) is 5.61. The number of hydrogen-bond acceptors (Lipinski definition) is 2. The Morgan fingerprint density at radius 3 is 2.55 bits per heavy atom. The second kappa shape index (κ2) is 7.32. The van der Waals surface area contributed by atoms with E-state index in [2.05, 4.69) is 24.4 Å². The number of unbranched alkanes of at least 4 members (excludes halogenated alkanes) is 2. The molecule has 0 heterocycles. The molecule has 1 N–H and O–H groups in total. The average Bonchev–Trinajstić information content (AvgIpc) is 3.30. The van der Waals surface area contributed by atoms with E-state index in [4.69, 9.17) is 4.74 Å². The van der Waals surface area contributed by atoms with Crippen molar-refractivity contribution in [3.8, 4) is 5.75 Å². The van der Waals surface area contributed by atoms with Crippen molar-refractivity contribution in [2.75, 3.05) is 7.11 Å². The normalized spacial score (nSPS) is 15.7. The summed E-state index contributed by atoms with van der Waals surface area (Å²) in [4.78, 5) is 12.0. The van der Waals surface area contributed by atoms with Gasteiger partial charge in [0.25, 0.3) is 0 Å². The zero-order valence-electron chi connectivity index (χ0n) is 12.5. The number of methoxy groups -OCH3 is 1. The minimum absolute atomic E-state index is 0.176. The van der Waals surface area contributed by atoms with E-state index < -0.39 is 0 Å². The van der Waals surface area contributed by atoms with Gasteiger partial charge in [-0.25, -0.2) is 0 Å². The minimum atomic E-state index is 0.176. The van der Waals surface area contributed by atoms with Crippen LogP contribution in [-0.4, -0.2) is 13.0 Å². The Morgan fingerprint density at radius 2 is 2.00 bits per heavy atom. The number of carbonyl (C=O) groups is 1. The zero-order chi connectivity index (χ0) is 14.4. The molecule has 20 heavy (non-hydrogen) atoms. The number of benzene rings is 1. The van der Waals surface area contributed by atoms with Crippen LogP contribution in [0.3, 0.4) is 0 Å². The van der Waals surface area contributed by atoms with Crippen molar-refractivity contribution in [2.45, 2.75) is 51.5 Å². The van der Waals surface area contributed by atoms with Crippen LogP contribution < -0.4 is 10.1 Å². The van der Waals surface area contributed by atoms with Gasteiger partial charge in [0.1, 0.15) is 5.75 Å². The molecule has 1 amide bonds. The lowest BCUT2D eigenvalue weighted by Gasteiger charge is -2.19. The van der Waals surface area contributed by atoms with E-state index in [1.165, 1.54) is 18.4 Å². The van der Waals surface area contributed by atoms with Crippen LogP contribution in [0.5, 0.6) is 5.75 Å². The Morgan fingerprint density at radius 1 is 1.30 bits per heavy atom. The van der Waals surface area contributed by atoms with Gasteiger partial charge in [-0.1, -0.05) is 31.9 Å². The van der Waals surface area contributed by atoms with Crippen LogP contribution in [0, 0.1) is 5.92 Å². The molecule has 1 aromatic rings. The van der Waals surface area contributed by atoms with Crippen molar-refractivity contribution in [1.82, 2.24) is 5.32 Å². The Bertz CT molecular complexity index is 423. The van der Waals surface area contributed by atoms with Crippen LogP contribution in [-0.2, 0) is 4.79 Å². The van der Waals surface area contributed by atoms with Crippen LogP contribution in [0.15, 0.2) is 24.3 Å². The predicted octanol–water partition coefficient (Wildman–Crippen LogP) is 3.84. The van der Waals surface area contributed by atoms with Gasteiger partial charge in [-0.3, -0.25) is 4.79 Å². The third-order valence-electron chi connectivity index (χ3n) is 3.89. The highest BCUT2D eigenvalue weighted by atomic mass is 16.5. The second-order valence-electron chi connectivity index (χ2n) is 5.61. The molecule has 1 aliphatic rings. The van der Waals surface area contributed by atoms with E-state index in [0.29, 0.717) is 12.3 Å². The number of nitrogens with one attached hydrogen (secondary N) is 1. The lowest BCUT2D eigenvalue weighted by molar-refractivity contribution is -0.122. The zero-order valence-corrected chi connectivity index (χ0v) is 12.5. The van der Waals surface area contributed by atoms with Gasteiger partial charge in [0.05, 0.1) is 13.2 Å². The molecule has 2 rings (SSSR count). The van der Waals surface area contributed by atoms with E-state index in [0.717, 1.165) is 25.0 Å². The molecule has 1 aliphatic carbocycles. The fourth-order valence-electron chi connectivity index (χ4n) is 2.50. The summed E-state index contributed by atoms with van der Waals surface area (Å²) < 4.78 is 5.18. The van der Waals surface area contributed by atoms with Crippen molar-refractivity contribution in [3.05, 3.63) is 29.8 Å². The van der Waals surface area contributed by atoms with Crippen molar-refractivity contribution in [3.63, 3.8) is 0 Å². The summed E-state index contributed by atoms with van der Waals surface area (Å²) in [5.41, 5.74) is 1.19. The molecule has 3 heteroatoms. The first-order chi connectivity index (χ1) is 9.74. The highest BCUT2D eigenvalue weighted by Gasteiger charge is 2.33. The molecule has 1 aromatic carbocycles. The van der Waals surface area contributed by atoms with Crippen molar-refractivity contribution in [2.24, 2.45) is 5.92 Å². The van der Waals surface area contributed by atoms with E-state index >= 15 is 0 Å². The first kappa shape index (κ1) is 14.9. The molecule has 1 saturated carbocycles. The molecule has 0 aromatic heterocycles. The molecule has 1 fully saturated rings. The molecule has 110 valence electrons. The van der Waals surface area contributed by atoms with Gasteiger partial charge in [0.15, 0.2) is 0 Å². The molecular weight excluding hydrogens is 250 g/mol. The standard InChI is InChI=1S/C17H25NO2/c1-3-4-5-6-16(19)18-17(13-7-8-13)14-9-11-15(20-2)12-10-14/h9-13,17H,3-8H2,1-2H3,(H,18,19). The third kappa shape index (κ3) is 4.26. The van der Waals surface area contributed by atoms with Gasteiger partial charge >= 0.3 is 0 Å². The fraction of sp³-hybridized carbons (Fsp3) is 0.588. The summed E-state index contributed by atoms with van der Waals surface area (Å²) in [5.74, 6) is 1.65. The third-order valence-corrected chi connectivity index (χ3v) is 3.89. The van der Waals surface area contributed by atoms with Crippen molar-refractivity contribution in [1.29, 1.82) is 0 Å². The lowest BCUT2D eigenvalue weighted by atomic mass is 10.0. The molecule has 0 saturated heterocycles. The first-order valence-electron chi connectivity index (χ1n) is 7.68. The maximum Gasteiger partial charge on any atom is 0.220 e. The van der Waals surface area contributed by atoms with Crippen LogP contribution >= 0.6 is 0 Å². The molecule has 0 spiro atoms. The monoisotopic (exact) mass is 275 g/mol. The molecule has 1 atom stereocenters. The van der Waals surface area contributed by atoms with Crippen molar-refractivity contribution < 1.29 is 9.53 Å². The Labute approximate surface area is 121 Å². The number of rotatable bonds is 8. The Kier molecular flexibility index (Phi) is 5.45. The number of carbonyl (C=O) groups excluding carboxylic acids is 1. The van der Waals surface area contributed by atoms with E-state index in [1.54, 1.807) is 7.11 Å². The Hall–Kier alpha value is -1.51. The summed E-state index contributed by atoms with van der Waals surface area (Å²) in [6.45, 7) is 2.16. The van der Waals surface area contributed by atoms with Gasteiger partial charge in [-0.05, 0) is 42.9 Å². The molecule has 3 nitrogen and oxygen atoms in total. The van der Waals surface area contributed by atoms with Crippen molar-refractivity contribution >= 4 is 5.91 Å². The quantitative estimate of drug-likeness (QED) is 0.732. The average molecular weight is 275 g/mol. The smallest absolute Gasteiger partial charge is 0.220 e. The van der Waals surface area contributed by atoms with Crippen LogP contribution in [0.2, 0.25) is 0 Å². The van der Waals surface area contributed by atoms with Crippen LogP contribution in [0.4, 0.5) is 0 Å². The first-order valence-corrected chi connectivity index (χ1v) is 7.68. The SMILES string of the molecule is CCCCCC(=O)NC(c1ccc(OC)cc1)C1CC1. The summed E-state index contributed by atoms with van der Waals surface area (Å²) in [6.07, 6.45) is 6.34. The highest BCUT2D eigenvalue weighted by Crippen LogP contribution is 2.41. The number of amides is 1. The van der Waals surface area contributed by atoms with E-state index in [1.807, 2.05) is 12.1 Å². The van der Waals surface area contributed by atoms with Gasteiger partial charge < -0.3 is 10.1 Å².